The van der Waals surface area contributed by atoms with Gasteiger partial charge < -0.3 is 19.1 Å². The Balaban J connectivity index is 1.16. The molecule has 3 aromatic rings. The molecule has 47 heavy (non-hydrogen) atoms. The van der Waals surface area contributed by atoms with Crippen LogP contribution in [0.25, 0.3) is 0 Å². The van der Waals surface area contributed by atoms with Crippen LogP contribution in [-0.4, -0.2) is 54.7 Å². The van der Waals surface area contributed by atoms with Crippen LogP contribution in [0, 0.1) is 23.2 Å². The third kappa shape index (κ3) is 4.35. The van der Waals surface area contributed by atoms with E-state index < -0.39 is 0 Å². The number of methoxy groups -OCH3 is 1. The predicted octanol–water partition coefficient (Wildman–Crippen LogP) is 8.36. The molecule has 4 bridgehead atoms. The van der Waals surface area contributed by atoms with Gasteiger partial charge in [-0.15, -0.1) is 0 Å². The van der Waals surface area contributed by atoms with Crippen LogP contribution in [0.2, 0.25) is 0 Å². The Bertz CT molecular complexity index is 1690. The van der Waals surface area contributed by atoms with Crippen molar-refractivity contribution in [2.24, 2.45) is 23.2 Å². The van der Waals surface area contributed by atoms with E-state index in [0.717, 1.165) is 61.9 Å². The Hall–Kier alpha value is -3.51. The Labute approximate surface area is 279 Å². The lowest BCUT2D eigenvalue weighted by Crippen LogP contribution is -2.70. The fourth-order valence-electron chi connectivity index (χ4n) is 11.3. The topological polar surface area (TPSA) is 51.2 Å². The van der Waals surface area contributed by atoms with Gasteiger partial charge in [0.25, 0.3) is 0 Å². The van der Waals surface area contributed by atoms with E-state index in [1.807, 2.05) is 30.3 Å². The molecule has 1 amide bonds. The highest BCUT2D eigenvalue weighted by Gasteiger charge is 2.77. The maximum atomic E-state index is 13.8. The van der Waals surface area contributed by atoms with Crippen LogP contribution in [0.1, 0.15) is 76.0 Å². The van der Waals surface area contributed by atoms with Gasteiger partial charge in [0.05, 0.1) is 7.11 Å². The van der Waals surface area contributed by atoms with Gasteiger partial charge in [-0.05, 0) is 122 Å². The quantitative estimate of drug-likeness (QED) is 0.273. The van der Waals surface area contributed by atoms with Crippen molar-refractivity contribution in [1.82, 2.24) is 9.80 Å². The fraction of sp³-hybridized carbons (Fsp3) is 0.537. The molecule has 5 fully saturated rings. The van der Waals surface area contributed by atoms with E-state index >= 15 is 0 Å². The monoisotopic (exact) mass is 632 g/mol. The van der Waals surface area contributed by atoms with Crippen LogP contribution < -0.4 is 14.2 Å². The minimum absolute atomic E-state index is 0.0735. The SMILES string of the molecule is COc1ccc2c(c1Oc1ccc(C(C)(C)C)cc1)[C@]13CCN(CC4CC4)[C@H](C2)[C@]12CC[C@@H]1[C@H]3[C@@H](CN1C(=O)Oc1ccccc1)C2. The number of rotatable bonds is 6. The maximum absolute atomic E-state index is 13.8. The van der Waals surface area contributed by atoms with Crippen molar-refractivity contribution in [2.75, 3.05) is 26.7 Å². The second kappa shape index (κ2) is 10.5. The standard InChI is InChI=1S/C41H48N2O4/c1-39(2,3)29-13-15-31(16-14-29)46-37-33(45-4)17-12-27-22-34-40-19-18-32-35(41(40,36(27)37)20-21-42(34)24-26-10-11-26)28(23-40)25-43(32)38(44)47-30-8-6-5-7-9-30/h5-9,12-17,26,28,32,34-35H,10-11,18-25H2,1-4H3/t28-,32-,34-,35-,40-,41-/m1/s1. The van der Waals surface area contributed by atoms with Crippen LogP contribution in [0.15, 0.2) is 66.7 Å². The van der Waals surface area contributed by atoms with Crippen LogP contribution in [-0.2, 0) is 17.3 Å². The molecular formula is C41H48N2O4. The molecule has 3 aromatic carbocycles. The third-order valence-electron chi connectivity index (χ3n) is 13.2. The van der Waals surface area contributed by atoms with Gasteiger partial charge in [0.2, 0.25) is 0 Å². The first-order chi connectivity index (χ1) is 22.7. The molecule has 9 rings (SSSR count). The summed E-state index contributed by atoms with van der Waals surface area (Å²) in [4.78, 5) is 18.8. The van der Waals surface area contributed by atoms with E-state index in [1.54, 1.807) is 7.11 Å². The zero-order valence-electron chi connectivity index (χ0n) is 28.3. The lowest BCUT2D eigenvalue weighted by molar-refractivity contribution is -0.103. The molecule has 6 nitrogen and oxygen atoms in total. The van der Waals surface area contributed by atoms with Gasteiger partial charge in [0.15, 0.2) is 11.5 Å². The summed E-state index contributed by atoms with van der Waals surface area (Å²) in [6.45, 7) is 9.88. The first kappa shape index (κ1) is 29.6. The van der Waals surface area contributed by atoms with Crippen LogP contribution in [0.4, 0.5) is 4.79 Å². The fourth-order valence-corrected chi connectivity index (χ4v) is 11.3. The minimum Gasteiger partial charge on any atom is -0.493 e. The van der Waals surface area contributed by atoms with E-state index in [0.29, 0.717) is 23.6 Å². The minimum atomic E-state index is -0.195. The number of fused-ring (bicyclic) bond motifs is 1. The molecule has 0 N–H and O–H groups in total. The molecule has 0 unspecified atom stereocenters. The number of likely N-dealkylation sites (tertiary alicyclic amines) is 2. The average molecular weight is 633 g/mol. The molecule has 0 spiro atoms. The summed E-state index contributed by atoms with van der Waals surface area (Å²) in [7, 11) is 1.77. The Morgan fingerprint density at radius 2 is 1.72 bits per heavy atom. The second-order valence-electron chi connectivity index (χ2n) is 16.5. The first-order valence-electron chi connectivity index (χ1n) is 18.0. The van der Waals surface area contributed by atoms with Gasteiger partial charge in [0, 0.05) is 36.2 Å². The number of carbonyl (C=O) groups is 1. The number of hydrogen-bond donors (Lipinski definition) is 0. The van der Waals surface area contributed by atoms with Crippen LogP contribution in [0.3, 0.4) is 0 Å². The molecule has 6 aliphatic rings. The zero-order valence-corrected chi connectivity index (χ0v) is 28.3. The zero-order chi connectivity index (χ0) is 32.1. The summed E-state index contributed by atoms with van der Waals surface area (Å²) < 4.78 is 19.1. The van der Waals surface area contributed by atoms with Crippen molar-refractivity contribution in [3.05, 3.63) is 83.4 Å². The molecule has 2 aliphatic heterocycles. The summed E-state index contributed by atoms with van der Waals surface area (Å²) in [6.07, 6.45) is 8.10. The molecule has 3 saturated carbocycles. The van der Waals surface area contributed by atoms with Crippen molar-refractivity contribution in [3.8, 4) is 23.0 Å². The second-order valence-corrected chi connectivity index (χ2v) is 16.5. The normalized spacial score (nSPS) is 32.0. The number of carbonyl (C=O) groups excluding carboxylic acids is 1. The van der Waals surface area contributed by atoms with Crippen molar-refractivity contribution in [3.63, 3.8) is 0 Å². The largest absolute Gasteiger partial charge is 0.493 e. The van der Waals surface area contributed by atoms with Crippen molar-refractivity contribution < 1.29 is 19.0 Å². The van der Waals surface area contributed by atoms with E-state index in [9.17, 15) is 4.79 Å². The first-order valence-corrected chi connectivity index (χ1v) is 18.0. The molecular weight excluding hydrogens is 584 g/mol. The van der Waals surface area contributed by atoms with E-state index in [-0.39, 0.29) is 28.4 Å². The van der Waals surface area contributed by atoms with Gasteiger partial charge in [-0.3, -0.25) is 4.90 Å². The smallest absolute Gasteiger partial charge is 0.415 e. The van der Waals surface area contributed by atoms with Gasteiger partial charge in [0.1, 0.15) is 11.5 Å². The Morgan fingerprint density at radius 1 is 0.936 bits per heavy atom. The lowest BCUT2D eigenvalue weighted by Gasteiger charge is -2.66. The third-order valence-corrected chi connectivity index (χ3v) is 13.2. The summed E-state index contributed by atoms with van der Waals surface area (Å²) in [5.41, 5.74) is 4.27. The lowest BCUT2D eigenvalue weighted by atomic mass is 9.43. The highest BCUT2D eigenvalue weighted by molar-refractivity contribution is 5.72. The maximum Gasteiger partial charge on any atom is 0.415 e. The summed E-state index contributed by atoms with van der Waals surface area (Å²) in [6, 6.07) is 23.4. The molecule has 4 aliphatic carbocycles. The van der Waals surface area contributed by atoms with E-state index in [1.165, 1.54) is 42.5 Å². The molecule has 2 heterocycles. The number of para-hydroxylation sites is 1. The number of hydrogen-bond acceptors (Lipinski definition) is 5. The van der Waals surface area contributed by atoms with Gasteiger partial charge in [-0.25, -0.2) is 4.79 Å². The highest BCUT2D eigenvalue weighted by atomic mass is 16.6. The highest BCUT2D eigenvalue weighted by Crippen LogP contribution is 2.77. The number of amides is 1. The van der Waals surface area contributed by atoms with Crippen molar-refractivity contribution in [1.29, 1.82) is 0 Å². The average Bonchev–Trinajstić information content (AvgIpc) is 3.75. The summed E-state index contributed by atoms with van der Waals surface area (Å²) >= 11 is 0. The predicted molar refractivity (Wildman–Crippen MR) is 183 cm³/mol. The molecule has 6 heteroatoms. The number of piperidine rings is 1. The molecule has 6 atom stereocenters. The number of nitrogens with zero attached hydrogens (tertiary/aromatic N) is 2. The number of ether oxygens (including phenoxy) is 3. The molecule has 0 aromatic heterocycles. The van der Waals surface area contributed by atoms with E-state index in [4.69, 9.17) is 14.2 Å². The Morgan fingerprint density at radius 3 is 2.45 bits per heavy atom. The van der Waals surface area contributed by atoms with Crippen molar-refractivity contribution in [2.45, 2.75) is 88.6 Å². The summed E-state index contributed by atoms with van der Waals surface area (Å²) in [5.74, 6) is 4.87. The number of benzene rings is 3. The molecule has 246 valence electrons. The van der Waals surface area contributed by atoms with Crippen LogP contribution >= 0.6 is 0 Å². The summed E-state index contributed by atoms with van der Waals surface area (Å²) in [5, 5.41) is 0. The molecule has 2 saturated heterocycles. The van der Waals surface area contributed by atoms with Crippen LogP contribution in [0.5, 0.6) is 23.0 Å². The Kier molecular flexibility index (Phi) is 6.61. The molecule has 0 radical (unpaired) electrons. The van der Waals surface area contributed by atoms with Crippen molar-refractivity contribution >= 4 is 6.09 Å². The van der Waals surface area contributed by atoms with E-state index in [2.05, 4.69) is 67.0 Å². The van der Waals surface area contributed by atoms with Gasteiger partial charge in [-0.2, -0.15) is 0 Å². The van der Waals surface area contributed by atoms with Gasteiger partial charge >= 0.3 is 6.09 Å². The van der Waals surface area contributed by atoms with Gasteiger partial charge in [-0.1, -0.05) is 57.2 Å².